The van der Waals surface area contributed by atoms with Crippen LogP contribution in [0.2, 0.25) is 0 Å². The zero-order valence-electron chi connectivity index (χ0n) is 11.1. The molecule has 1 rings (SSSR count). The van der Waals surface area contributed by atoms with Crippen LogP contribution >= 0.6 is 0 Å². The van der Waals surface area contributed by atoms with Crippen LogP contribution in [-0.4, -0.2) is 29.4 Å². The molecule has 1 fully saturated rings. The molecule has 0 unspecified atom stereocenters. The summed E-state index contributed by atoms with van der Waals surface area (Å²) in [6, 6.07) is 0. The highest BCUT2D eigenvalue weighted by atomic mass is 16.2. The Hall–Kier alpha value is -0.570. The predicted molar refractivity (Wildman–Crippen MR) is 67.0 cm³/mol. The Bertz CT molecular complexity index is 234. The lowest BCUT2D eigenvalue weighted by Crippen LogP contribution is -2.60. The predicted octanol–water partition coefficient (Wildman–Crippen LogP) is 2.01. The van der Waals surface area contributed by atoms with Gasteiger partial charge in [-0.05, 0) is 31.1 Å². The average Bonchev–Trinajstić information content (AvgIpc) is 2.10. The molecule has 1 aliphatic rings. The molecule has 0 aromatic carbocycles. The highest BCUT2D eigenvalue weighted by molar-refractivity contribution is 5.87. The summed E-state index contributed by atoms with van der Waals surface area (Å²) in [5.41, 5.74) is 5.57. The lowest BCUT2D eigenvalue weighted by molar-refractivity contribution is -0.141. The molecule has 94 valence electrons. The van der Waals surface area contributed by atoms with Crippen LogP contribution in [-0.2, 0) is 4.79 Å². The fraction of sp³-hybridized carbons (Fsp3) is 0.923. The maximum Gasteiger partial charge on any atom is 0.242 e. The van der Waals surface area contributed by atoms with E-state index in [0.29, 0.717) is 11.8 Å². The molecule has 1 aliphatic carbocycles. The maximum absolute atomic E-state index is 12.3. The van der Waals surface area contributed by atoms with Crippen molar-refractivity contribution in [3.63, 3.8) is 0 Å². The van der Waals surface area contributed by atoms with Gasteiger partial charge in [0.25, 0.3) is 0 Å². The third kappa shape index (κ3) is 3.21. The first-order valence-electron chi connectivity index (χ1n) is 6.43. The summed E-state index contributed by atoms with van der Waals surface area (Å²) < 4.78 is 0. The van der Waals surface area contributed by atoms with Crippen LogP contribution < -0.4 is 5.73 Å². The molecule has 2 N–H and O–H groups in total. The zero-order chi connectivity index (χ0) is 12.3. The first kappa shape index (κ1) is 13.5. The molecule has 0 aliphatic heterocycles. The van der Waals surface area contributed by atoms with E-state index in [0.717, 1.165) is 32.4 Å². The topological polar surface area (TPSA) is 46.3 Å². The summed E-state index contributed by atoms with van der Waals surface area (Å²) in [5, 5.41) is 0. The van der Waals surface area contributed by atoms with E-state index >= 15 is 0 Å². The van der Waals surface area contributed by atoms with Gasteiger partial charge in [-0.25, -0.2) is 0 Å². The largest absolute Gasteiger partial charge is 0.341 e. The molecule has 0 radical (unpaired) electrons. The first-order valence-corrected chi connectivity index (χ1v) is 6.43. The van der Waals surface area contributed by atoms with Gasteiger partial charge < -0.3 is 10.6 Å². The normalized spacial score (nSPS) is 18.7. The van der Waals surface area contributed by atoms with E-state index in [1.54, 1.807) is 0 Å². The van der Waals surface area contributed by atoms with Crippen molar-refractivity contribution in [3.8, 4) is 0 Å². The van der Waals surface area contributed by atoms with Gasteiger partial charge in [0.05, 0.1) is 5.54 Å². The number of hydrogen-bond donors (Lipinski definition) is 1. The third-order valence-corrected chi connectivity index (χ3v) is 3.13. The van der Waals surface area contributed by atoms with Crippen molar-refractivity contribution >= 4 is 5.91 Å². The number of carbonyl (C=O) groups excluding carboxylic acids is 1. The molecule has 16 heavy (non-hydrogen) atoms. The van der Waals surface area contributed by atoms with Crippen molar-refractivity contribution in [1.82, 2.24) is 4.90 Å². The molecule has 0 bridgehead atoms. The molecule has 3 heteroatoms. The van der Waals surface area contributed by atoms with Crippen LogP contribution in [0.1, 0.15) is 47.0 Å². The van der Waals surface area contributed by atoms with Gasteiger partial charge in [0.15, 0.2) is 0 Å². The van der Waals surface area contributed by atoms with E-state index in [1.165, 1.54) is 0 Å². The summed E-state index contributed by atoms with van der Waals surface area (Å²) in [5.74, 6) is 1.18. The van der Waals surface area contributed by atoms with E-state index in [2.05, 4.69) is 27.7 Å². The molecule has 0 heterocycles. The molecular weight excluding hydrogens is 200 g/mol. The van der Waals surface area contributed by atoms with E-state index in [9.17, 15) is 4.79 Å². The molecule has 0 aromatic heterocycles. The van der Waals surface area contributed by atoms with E-state index in [1.807, 2.05) is 4.90 Å². The standard InChI is InChI=1S/C13H26N2O/c1-10(2)8-15(9-11(3)4)12(16)13(14)6-5-7-13/h10-11H,5-9,14H2,1-4H3. The van der Waals surface area contributed by atoms with Crippen LogP contribution in [0.15, 0.2) is 0 Å². The number of hydrogen-bond acceptors (Lipinski definition) is 2. The summed E-state index contributed by atoms with van der Waals surface area (Å²) >= 11 is 0. The quantitative estimate of drug-likeness (QED) is 0.779. The Morgan fingerprint density at radius 2 is 1.62 bits per heavy atom. The highest BCUT2D eigenvalue weighted by Gasteiger charge is 2.42. The minimum Gasteiger partial charge on any atom is -0.341 e. The van der Waals surface area contributed by atoms with Crippen molar-refractivity contribution in [3.05, 3.63) is 0 Å². The molecule has 1 saturated carbocycles. The Morgan fingerprint density at radius 1 is 1.19 bits per heavy atom. The Kier molecular flexibility index (Phi) is 4.36. The van der Waals surface area contributed by atoms with E-state index in [4.69, 9.17) is 5.73 Å². The van der Waals surface area contributed by atoms with Crippen molar-refractivity contribution in [2.24, 2.45) is 17.6 Å². The Morgan fingerprint density at radius 3 is 1.88 bits per heavy atom. The Balaban J connectivity index is 2.63. The molecule has 1 amide bonds. The molecule has 0 spiro atoms. The average molecular weight is 226 g/mol. The van der Waals surface area contributed by atoms with Gasteiger partial charge in [-0.3, -0.25) is 4.79 Å². The fourth-order valence-electron chi connectivity index (χ4n) is 2.21. The van der Waals surface area contributed by atoms with Gasteiger partial charge >= 0.3 is 0 Å². The van der Waals surface area contributed by atoms with E-state index < -0.39 is 5.54 Å². The summed E-state index contributed by atoms with van der Waals surface area (Å²) in [4.78, 5) is 14.3. The monoisotopic (exact) mass is 226 g/mol. The summed E-state index contributed by atoms with van der Waals surface area (Å²) in [7, 11) is 0. The van der Waals surface area contributed by atoms with Crippen LogP contribution in [0.3, 0.4) is 0 Å². The smallest absolute Gasteiger partial charge is 0.242 e. The number of nitrogens with zero attached hydrogens (tertiary/aromatic N) is 1. The van der Waals surface area contributed by atoms with Crippen molar-refractivity contribution in [1.29, 1.82) is 0 Å². The van der Waals surface area contributed by atoms with Crippen LogP contribution in [0, 0.1) is 11.8 Å². The van der Waals surface area contributed by atoms with Gasteiger partial charge in [-0.1, -0.05) is 27.7 Å². The van der Waals surface area contributed by atoms with Gasteiger partial charge in [-0.2, -0.15) is 0 Å². The third-order valence-electron chi connectivity index (χ3n) is 3.13. The molecule has 0 atom stereocenters. The van der Waals surface area contributed by atoms with E-state index in [-0.39, 0.29) is 5.91 Å². The summed E-state index contributed by atoms with van der Waals surface area (Å²) in [6.07, 6.45) is 2.82. The SMILES string of the molecule is CC(C)CN(CC(C)C)C(=O)C1(N)CCC1. The van der Waals surface area contributed by atoms with Crippen molar-refractivity contribution in [2.75, 3.05) is 13.1 Å². The number of nitrogens with two attached hydrogens (primary N) is 1. The second-order valence-corrected chi connectivity index (χ2v) is 6.01. The lowest BCUT2D eigenvalue weighted by Gasteiger charge is -2.41. The van der Waals surface area contributed by atoms with Crippen LogP contribution in [0.25, 0.3) is 0 Å². The maximum atomic E-state index is 12.3. The van der Waals surface area contributed by atoms with Crippen LogP contribution in [0.4, 0.5) is 0 Å². The Labute approximate surface area is 99.4 Å². The lowest BCUT2D eigenvalue weighted by atomic mass is 9.76. The van der Waals surface area contributed by atoms with Crippen molar-refractivity contribution in [2.45, 2.75) is 52.5 Å². The fourth-order valence-corrected chi connectivity index (χ4v) is 2.21. The number of carbonyl (C=O) groups is 1. The van der Waals surface area contributed by atoms with Gasteiger partial charge in [-0.15, -0.1) is 0 Å². The minimum absolute atomic E-state index is 0.168. The molecule has 3 nitrogen and oxygen atoms in total. The highest BCUT2D eigenvalue weighted by Crippen LogP contribution is 2.31. The number of rotatable bonds is 5. The second kappa shape index (κ2) is 5.17. The first-order chi connectivity index (χ1) is 7.35. The van der Waals surface area contributed by atoms with Gasteiger partial charge in [0, 0.05) is 13.1 Å². The van der Waals surface area contributed by atoms with Crippen LogP contribution in [0.5, 0.6) is 0 Å². The minimum atomic E-state index is -0.538. The van der Waals surface area contributed by atoms with Crippen molar-refractivity contribution < 1.29 is 4.79 Å². The van der Waals surface area contributed by atoms with Gasteiger partial charge in [0.1, 0.15) is 0 Å². The molecule has 0 aromatic rings. The molecule has 0 saturated heterocycles. The second-order valence-electron chi connectivity index (χ2n) is 6.01. The molecular formula is C13H26N2O. The van der Waals surface area contributed by atoms with Gasteiger partial charge in [0.2, 0.25) is 5.91 Å². The summed E-state index contributed by atoms with van der Waals surface area (Å²) in [6.45, 7) is 10.2. The number of amides is 1. The zero-order valence-corrected chi connectivity index (χ0v) is 11.1.